The molecule has 2 rings (SSSR count). The maximum atomic E-state index is 13.0. The van der Waals surface area contributed by atoms with Gasteiger partial charge < -0.3 is 37.1 Å². The highest BCUT2D eigenvalue weighted by molar-refractivity contribution is 5.84. The molecule has 0 aliphatic carbocycles. The van der Waals surface area contributed by atoms with E-state index in [2.05, 4.69) is 16.6 Å². The molecule has 1 fully saturated rings. The van der Waals surface area contributed by atoms with Crippen LogP contribution < -0.4 is 22.9 Å². The lowest BCUT2D eigenvalue weighted by atomic mass is 9.86. The van der Waals surface area contributed by atoms with E-state index in [4.69, 9.17) is 37.1 Å². The van der Waals surface area contributed by atoms with Crippen molar-refractivity contribution in [2.24, 2.45) is 44.8 Å². The van der Waals surface area contributed by atoms with Gasteiger partial charge in [0.2, 0.25) is 0 Å². The van der Waals surface area contributed by atoms with E-state index >= 15 is 0 Å². The smallest absolute Gasteiger partial charge is 0.312 e. The number of guanidine groups is 2. The molecule has 11 nitrogen and oxygen atoms in total. The van der Waals surface area contributed by atoms with Gasteiger partial charge in [-0.2, -0.15) is 0 Å². The predicted octanol–water partition coefficient (Wildman–Crippen LogP) is -0.481. The van der Waals surface area contributed by atoms with Gasteiger partial charge in [0.15, 0.2) is 11.9 Å². The molecule has 33 heavy (non-hydrogen) atoms. The fourth-order valence-corrected chi connectivity index (χ4v) is 3.29. The second kappa shape index (κ2) is 12.9. The summed E-state index contributed by atoms with van der Waals surface area (Å²) >= 11 is 0. The van der Waals surface area contributed by atoms with Crippen LogP contribution >= 0.6 is 0 Å². The Morgan fingerprint density at radius 3 is 1.91 bits per heavy atom. The molecule has 0 aromatic heterocycles. The van der Waals surface area contributed by atoms with Gasteiger partial charge in [-0.25, -0.2) is 0 Å². The van der Waals surface area contributed by atoms with Crippen LogP contribution in [0.2, 0.25) is 0 Å². The Labute approximate surface area is 192 Å². The normalized spacial score (nSPS) is 21.8. The predicted molar refractivity (Wildman–Crippen MR) is 125 cm³/mol. The van der Waals surface area contributed by atoms with Crippen LogP contribution in [0.15, 0.2) is 59.0 Å². The zero-order chi connectivity index (χ0) is 24.2. The Morgan fingerprint density at radius 1 is 0.909 bits per heavy atom. The lowest BCUT2D eigenvalue weighted by Gasteiger charge is -2.20. The van der Waals surface area contributed by atoms with Crippen molar-refractivity contribution in [3.63, 3.8) is 0 Å². The van der Waals surface area contributed by atoms with Gasteiger partial charge in [-0.15, -0.1) is 6.58 Å². The largest absolute Gasteiger partial charge is 0.463 e. The number of ether oxygens (including phenoxy) is 3. The van der Waals surface area contributed by atoms with Gasteiger partial charge in [-0.05, 0) is 5.56 Å². The van der Waals surface area contributed by atoms with Gasteiger partial charge in [0.25, 0.3) is 0 Å². The third-order valence-electron chi connectivity index (χ3n) is 4.72. The molecule has 1 aromatic carbocycles. The molecule has 0 spiro atoms. The van der Waals surface area contributed by atoms with E-state index in [0.29, 0.717) is 0 Å². The number of esters is 2. The highest BCUT2D eigenvalue weighted by atomic mass is 16.6. The van der Waals surface area contributed by atoms with E-state index in [1.165, 1.54) is 6.08 Å². The van der Waals surface area contributed by atoms with E-state index in [-0.39, 0.29) is 38.2 Å². The zero-order valence-corrected chi connectivity index (χ0v) is 18.2. The van der Waals surface area contributed by atoms with Crippen molar-refractivity contribution in [1.29, 1.82) is 0 Å². The third-order valence-corrected chi connectivity index (χ3v) is 4.72. The molecule has 0 amide bonds. The average Bonchev–Trinajstić information content (AvgIpc) is 3.17. The minimum Gasteiger partial charge on any atom is -0.463 e. The molecule has 4 unspecified atom stereocenters. The first-order valence-electron chi connectivity index (χ1n) is 10.3. The third kappa shape index (κ3) is 7.96. The van der Waals surface area contributed by atoms with Crippen LogP contribution in [0.5, 0.6) is 0 Å². The summed E-state index contributed by atoms with van der Waals surface area (Å²) in [5.41, 5.74) is 22.0. The number of rotatable bonds is 11. The Morgan fingerprint density at radius 2 is 1.42 bits per heavy atom. The van der Waals surface area contributed by atoms with Crippen molar-refractivity contribution in [2.75, 3.05) is 26.3 Å². The number of hydrogen-bond donors (Lipinski definition) is 4. The second-order valence-corrected chi connectivity index (χ2v) is 7.07. The second-order valence-electron chi connectivity index (χ2n) is 7.07. The lowest BCUT2D eigenvalue weighted by molar-refractivity contribution is -0.159. The van der Waals surface area contributed by atoms with Crippen LogP contribution in [0, 0.1) is 11.8 Å². The maximum absolute atomic E-state index is 13.0. The topological polar surface area (TPSA) is 191 Å². The SMILES string of the molecule is C=CC1OC(/C=C/c2ccccc2)C(C(=O)OCCN=C(N)N)C1C(=O)OCCN=C(N)N. The van der Waals surface area contributed by atoms with Crippen molar-refractivity contribution in [3.8, 4) is 0 Å². The number of hydrogen-bond acceptors (Lipinski definition) is 7. The summed E-state index contributed by atoms with van der Waals surface area (Å²) in [6, 6.07) is 9.45. The zero-order valence-electron chi connectivity index (χ0n) is 18.2. The summed E-state index contributed by atoms with van der Waals surface area (Å²) in [5.74, 6) is -3.46. The summed E-state index contributed by atoms with van der Waals surface area (Å²) in [6.45, 7) is 3.78. The Bertz CT molecular complexity index is 894. The molecule has 1 aliphatic heterocycles. The van der Waals surface area contributed by atoms with Gasteiger partial charge in [0.1, 0.15) is 25.0 Å². The number of aliphatic imine (C=N–C) groups is 2. The van der Waals surface area contributed by atoms with Crippen molar-refractivity contribution >= 4 is 29.9 Å². The van der Waals surface area contributed by atoms with Crippen LogP contribution in [0.25, 0.3) is 6.08 Å². The fourth-order valence-electron chi connectivity index (χ4n) is 3.29. The number of carbonyl (C=O) groups excluding carboxylic acids is 2. The highest BCUT2D eigenvalue weighted by Crippen LogP contribution is 2.36. The van der Waals surface area contributed by atoms with Crippen molar-refractivity contribution < 1.29 is 23.8 Å². The summed E-state index contributed by atoms with van der Waals surface area (Å²) in [7, 11) is 0. The van der Waals surface area contributed by atoms with Crippen LogP contribution in [0.1, 0.15) is 5.56 Å². The van der Waals surface area contributed by atoms with Crippen LogP contribution in [0.4, 0.5) is 0 Å². The molecule has 8 N–H and O–H groups in total. The van der Waals surface area contributed by atoms with Gasteiger partial charge in [-0.1, -0.05) is 48.6 Å². The van der Waals surface area contributed by atoms with E-state index in [1.807, 2.05) is 30.3 Å². The molecule has 0 saturated carbocycles. The molecule has 1 aliphatic rings. The highest BCUT2D eigenvalue weighted by Gasteiger charge is 2.51. The van der Waals surface area contributed by atoms with E-state index in [0.717, 1.165) is 5.56 Å². The summed E-state index contributed by atoms with van der Waals surface area (Å²) in [4.78, 5) is 33.4. The summed E-state index contributed by atoms with van der Waals surface area (Å²) in [6.07, 6.45) is 3.45. The summed E-state index contributed by atoms with van der Waals surface area (Å²) in [5, 5.41) is 0. The minimum atomic E-state index is -0.970. The van der Waals surface area contributed by atoms with Gasteiger partial charge in [-0.3, -0.25) is 19.6 Å². The standard InChI is InChI=1S/C22H30N6O5/c1-2-15-17(19(29)31-12-10-27-21(23)24)18(20(30)32-13-11-28-22(25)26)16(33-15)9-8-14-6-4-3-5-7-14/h2-9,15-18H,1,10-13H2,(H4,23,24,27)(H4,25,26,28)/b9-8+. The summed E-state index contributed by atoms with van der Waals surface area (Å²) < 4.78 is 16.6. The monoisotopic (exact) mass is 458 g/mol. The molecule has 1 heterocycles. The Kier molecular flexibility index (Phi) is 9.90. The van der Waals surface area contributed by atoms with E-state index in [9.17, 15) is 9.59 Å². The number of nitrogens with two attached hydrogens (primary N) is 4. The first-order valence-corrected chi connectivity index (χ1v) is 10.3. The number of benzene rings is 1. The van der Waals surface area contributed by atoms with Crippen LogP contribution in [-0.2, 0) is 23.8 Å². The van der Waals surface area contributed by atoms with Crippen molar-refractivity contribution in [3.05, 3.63) is 54.6 Å². The number of carbonyl (C=O) groups is 2. The minimum absolute atomic E-state index is 0.0616. The van der Waals surface area contributed by atoms with E-state index < -0.39 is 36.0 Å². The van der Waals surface area contributed by atoms with E-state index in [1.54, 1.807) is 12.2 Å². The molecule has 1 saturated heterocycles. The van der Waals surface area contributed by atoms with Gasteiger partial charge >= 0.3 is 11.9 Å². The molecule has 0 bridgehead atoms. The Balaban J connectivity index is 2.21. The molecule has 0 radical (unpaired) electrons. The molecule has 1 aromatic rings. The lowest BCUT2D eigenvalue weighted by Crippen LogP contribution is -2.37. The molecular weight excluding hydrogens is 428 g/mol. The molecule has 178 valence electrons. The average molecular weight is 459 g/mol. The van der Waals surface area contributed by atoms with Gasteiger partial charge in [0, 0.05) is 0 Å². The van der Waals surface area contributed by atoms with Crippen LogP contribution in [-0.4, -0.2) is 62.4 Å². The van der Waals surface area contributed by atoms with Crippen molar-refractivity contribution in [2.45, 2.75) is 12.2 Å². The first-order chi connectivity index (χ1) is 15.8. The number of nitrogens with zero attached hydrogens (tertiary/aromatic N) is 2. The maximum Gasteiger partial charge on any atom is 0.312 e. The van der Waals surface area contributed by atoms with Crippen molar-refractivity contribution in [1.82, 2.24) is 0 Å². The van der Waals surface area contributed by atoms with Gasteiger partial charge in [0.05, 0.1) is 25.3 Å². The van der Waals surface area contributed by atoms with Crippen LogP contribution in [0.3, 0.4) is 0 Å². The molecular formula is C22H30N6O5. The quantitative estimate of drug-likeness (QED) is 0.111. The molecule has 4 atom stereocenters. The fraction of sp³-hybridized carbons (Fsp3) is 0.364. The molecule has 11 heteroatoms. The Hall–Kier alpha value is -3.86. The first kappa shape index (κ1) is 25.4.